The number of rotatable bonds is 1. The Morgan fingerprint density at radius 3 is 2.14 bits per heavy atom. The van der Waals surface area contributed by atoms with Gasteiger partial charge in [0.05, 0.1) is 16.7 Å². The highest BCUT2D eigenvalue weighted by Crippen LogP contribution is 2.29. The number of aryl methyl sites for hydroxylation is 2. The normalized spacial score (nSPS) is 11.2. The molecular weight excluding hydrogens is 268 g/mol. The Kier molecular flexibility index (Phi) is 2.90. The predicted octanol–water partition coefficient (Wildman–Crippen LogP) is 5.07. The topological polar surface area (TPSA) is 25.8 Å². The van der Waals surface area contributed by atoms with Gasteiger partial charge in [0.25, 0.3) is 0 Å². The fourth-order valence-corrected chi connectivity index (χ4v) is 3.08. The molecule has 2 heterocycles. The van der Waals surface area contributed by atoms with Crippen molar-refractivity contribution in [2.24, 2.45) is 0 Å². The van der Waals surface area contributed by atoms with E-state index in [4.69, 9.17) is 4.98 Å². The fraction of sp³-hybridized carbons (Fsp3) is 0.100. The summed E-state index contributed by atoms with van der Waals surface area (Å²) in [6.45, 7) is 4.27. The van der Waals surface area contributed by atoms with Crippen molar-refractivity contribution in [1.29, 1.82) is 0 Å². The second-order valence-electron chi connectivity index (χ2n) is 5.68. The minimum Gasteiger partial charge on any atom is -0.254 e. The third kappa shape index (κ3) is 1.96. The first kappa shape index (κ1) is 13.0. The Labute approximate surface area is 129 Å². The zero-order valence-electron chi connectivity index (χ0n) is 12.7. The van der Waals surface area contributed by atoms with Gasteiger partial charge in [-0.05, 0) is 37.1 Å². The number of benzene rings is 2. The maximum atomic E-state index is 4.93. The molecule has 22 heavy (non-hydrogen) atoms. The van der Waals surface area contributed by atoms with Crippen molar-refractivity contribution < 1.29 is 0 Å². The van der Waals surface area contributed by atoms with Gasteiger partial charge in [0, 0.05) is 22.5 Å². The third-order valence-electron chi connectivity index (χ3n) is 4.17. The second-order valence-corrected chi connectivity index (χ2v) is 5.68. The Morgan fingerprint density at radius 1 is 0.682 bits per heavy atom. The van der Waals surface area contributed by atoms with Gasteiger partial charge < -0.3 is 0 Å². The Hall–Kier alpha value is -2.74. The van der Waals surface area contributed by atoms with Gasteiger partial charge >= 0.3 is 0 Å². The van der Waals surface area contributed by atoms with E-state index in [1.165, 1.54) is 16.7 Å². The molecule has 2 aromatic carbocycles. The molecule has 0 bridgehead atoms. The fourth-order valence-electron chi connectivity index (χ4n) is 3.08. The summed E-state index contributed by atoms with van der Waals surface area (Å²) >= 11 is 0. The molecule has 2 heteroatoms. The van der Waals surface area contributed by atoms with E-state index in [9.17, 15) is 0 Å². The average molecular weight is 284 g/mol. The molecule has 4 aromatic rings. The van der Waals surface area contributed by atoms with Crippen LogP contribution in [0.1, 0.15) is 11.1 Å². The number of fused-ring (bicyclic) bond motifs is 3. The molecule has 0 radical (unpaired) electrons. The lowest BCUT2D eigenvalue weighted by atomic mass is 9.99. The van der Waals surface area contributed by atoms with Crippen LogP contribution in [0.4, 0.5) is 0 Å². The van der Waals surface area contributed by atoms with Crippen molar-refractivity contribution in [3.63, 3.8) is 0 Å². The predicted molar refractivity (Wildman–Crippen MR) is 92.0 cm³/mol. The summed E-state index contributed by atoms with van der Waals surface area (Å²) in [5.41, 5.74) is 6.67. The van der Waals surface area contributed by atoms with Crippen LogP contribution in [0.2, 0.25) is 0 Å². The zero-order chi connectivity index (χ0) is 15.1. The molecule has 0 aliphatic heterocycles. The maximum Gasteiger partial charge on any atom is 0.0972 e. The molecule has 0 N–H and O–H groups in total. The molecular formula is C20H16N2. The van der Waals surface area contributed by atoms with Crippen LogP contribution >= 0.6 is 0 Å². The molecule has 2 nitrogen and oxygen atoms in total. The van der Waals surface area contributed by atoms with E-state index in [1.807, 2.05) is 12.3 Å². The largest absolute Gasteiger partial charge is 0.254 e. The molecule has 0 fully saturated rings. The number of nitrogens with zero attached hydrogens (tertiary/aromatic N) is 2. The second kappa shape index (κ2) is 4.92. The van der Waals surface area contributed by atoms with E-state index in [0.717, 1.165) is 27.5 Å². The molecule has 0 unspecified atom stereocenters. The Morgan fingerprint density at radius 2 is 1.36 bits per heavy atom. The van der Waals surface area contributed by atoms with Gasteiger partial charge in [-0.15, -0.1) is 0 Å². The summed E-state index contributed by atoms with van der Waals surface area (Å²) in [7, 11) is 0. The van der Waals surface area contributed by atoms with Crippen LogP contribution in [-0.4, -0.2) is 9.97 Å². The summed E-state index contributed by atoms with van der Waals surface area (Å²) in [5.74, 6) is 0. The molecule has 0 amide bonds. The van der Waals surface area contributed by atoms with Crippen LogP contribution in [0.5, 0.6) is 0 Å². The van der Waals surface area contributed by atoms with Gasteiger partial charge in [-0.3, -0.25) is 4.98 Å². The number of hydrogen-bond donors (Lipinski definition) is 0. The van der Waals surface area contributed by atoms with Crippen LogP contribution in [0.15, 0.2) is 60.8 Å². The van der Waals surface area contributed by atoms with Gasteiger partial charge in [-0.2, -0.15) is 0 Å². The molecule has 0 saturated heterocycles. The van der Waals surface area contributed by atoms with Crippen LogP contribution in [0.3, 0.4) is 0 Å². The SMILES string of the molecule is Cc1cccc(C)c1-c1ccc2ccc3cccnc3c2n1. The minimum atomic E-state index is 0.966. The number of pyridine rings is 2. The highest BCUT2D eigenvalue weighted by atomic mass is 14.8. The van der Waals surface area contributed by atoms with Crippen molar-refractivity contribution in [2.75, 3.05) is 0 Å². The van der Waals surface area contributed by atoms with Gasteiger partial charge in [0.1, 0.15) is 0 Å². The molecule has 0 spiro atoms. The van der Waals surface area contributed by atoms with Crippen molar-refractivity contribution in [3.05, 3.63) is 71.9 Å². The van der Waals surface area contributed by atoms with Crippen LogP contribution in [0, 0.1) is 13.8 Å². The summed E-state index contributed by atoms with van der Waals surface area (Å²) in [6.07, 6.45) is 1.83. The molecule has 2 aromatic heterocycles. The van der Waals surface area contributed by atoms with E-state index >= 15 is 0 Å². The standard InChI is InChI=1S/C20H16N2/c1-13-5-3-6-14(2)18(13)17-11-10-16-9-8-15-7-4-12-21-19(15)20(16)22-17/h3-12H,1-2H3. The van der Waals surface area contributed by atoms with Crippen LogP contribution in [-0.2, 0) is 0 Å². The lowest BCUT2D eigenvalue weighted by molar-refractivity contribution is 1.31. The highest BCUT2D eigenvalue weighted by Gasteiger charge is 2.09. The first-order valence-corrected chi connectivity index (χ1v) is 7.45. The van der Waals surface area contributed by atoms with Crippen molar-refractivity contribution in [2.45, 2.75) is 13.8 Å². The summed E-state index contributed by atoms with van der Waals surface area (Å²) in [4.78, 5) is 9.46. The quantitative estimate of drug-likeness (QED) is 0.456. The van der Waals surface area contributed by atoms with E-state index in [-0.39, 0.29) is 0 Å². The van der Waals surface area contributed by atoms with E-state index in [2.05, 4.69) is 67.4 Å². The van der Waals surface area contributed by atoms with Crippen LogP contribution < -0.4 is 0 Å². The maximum absolute atomic E-state index is 4.93. The monoisotopic (exact) mass is 284 g/mol. The Balaban J connectivity index is 2.07. The molecule has 0 aliphatic carbocycles. The molecule has 4 rings (SSSR count). The van der Waals surface area contributed by atoms with Gasteiger partial charge in [0.2, 0.25) is 0 Å². The molecule has 0 atom stereocenters. The molecule has 0 aliphatic rings. The smallest absolute Gasteiger partial charge is 0.0972 e. The lowest BCUT2D eigenvalue weighted by Gasteiger charge is -2.10. The Bertz CT molecular complexity index is 983. The third-order valence-corrected chi connectivity index (χ3v) is 4.17. The van der Waals surface area contributed by atoms with Crippen molar-refractivity contribution >= 4 is 21.8 Å². The first-order chi connectivity index (χ1) is 10.7. The number of aromatic nitrogens is 2. The van der Waals surface area contributed by atoms with Crippen molar-refractivity contribution in [1.82, 2.24) is 9.97 Å². The highest BCUT2D eigenvalue weighted by molar-refractivity contribution is 6.03. The van der Waals surface area contributed by atoms with E-state index in [0.29, 0.717) is 0 Å². The molecule has 106 valence electrons. The van der Waals surface area contributed by atoms with Gasteiger partial charge in [-0.25, -0.2) is 4.98 Å². The summed E-state index contributed by atoms with van der Waals surface area (Å²) < 4.78 is 0. The summed E-state index contributed by atoms with van der Waals surface area (Å²) in [6, 6.07) is 18.9. The zero-order valence-corrected chi connectivity index (χ0v) is 12.7. The van der Waals surface area contributed by atoms with Crippen molar-refractivity contribution in [3.8, 4) is 11.3 Å². The van der Waals surface area contributed by atoms with Crippen LogP contribution in [0.25, 0.3) is 33.1 Å². The lowest BCUT2D eigenvalue weighted by Crippen LogP contribution is -1.92. The van der Waals surface area contributed by atoms with E-state index in [1.54, 1.807) is 0 Å². The van der Waals surface area contributed by atoms with Gasteiger partial charge in [-0.1, -0.05) is 42.5 Å². The minimum absolute atomic E-state index is 0.966. The summed E-state index contributed by atoms with van der Waals surface area (Å²) in [5, 5.41) is 2.25. The average Bonchev–Trinajstić information content (AvgIpc) is 2.54. The number of hydrogen-bond acceptors (Lipinski definition) is 2. The first-order valence-electron chi connectivity index (χ1n) is 7.45. The molecule has 0 saturated carbocycles. The van der Waals surface area contributed by atoms with Gasteiger partial charge in [0.15, 0.2) is 0 Å². The van der Waals surface area contributed by atoms with E-state index < -0.39 is 0 Å².